The lowest BCUT2D eigenvalue weighted by atomic mass is 10.1. The van der Waals surface area contributed by atoms with Crippen LogP contribution in [0.2, 0.25) is 5.02 Å². The Labute approximate surface area is 124 Å². The highest BCUT2D eigenvalue weighted by atomic mass is 35.5. The predicted molar refractivity (Wildman–Crippen MR) is 83.0 cm³/mol. The van der Waals surface area contributed by atoms with Gasteiger partial charge in [0.1, 0.15) is 5.82 Å². The average molecular weight is 296 g/mol. The molecule has 110 valence electrons. The van der Waals surface area contributed by atoms with Crippen molar-refractivity contribution >= 4 is 22.6 Å². The molecule has 2 atom stereocenters. The molecular weight excluding hydrogens is 274 g/mol. The van der Waals surface area contributed by atoms with Gasteiger partial charge in [0.25, 0.3) is 0 Å². The maximum Gasteiger partial charge on any atom is 0.126 e. The Morgan fingerprint density at radius 3 is 2.70 bits per heavy atom. The zero-order valence-corrected chi connectivity index (χ0v) is 13.1. The number of nitrogens with one attached hydrogen (secondary N) is 1. The molecule has 0 aliphatic rings. The number of aliphatic hydroxyl groups is 1. The standard InChI is InChI=1S/C15H22ClN3O/c1-9(2)14(20)8-17-10(3)15-18-12-7-11(16)5-6-13(12)19(15)4/h5-7,9-10,14,17,20H,8H2,1-4H3. The van der Waals surface area contributed by atoms with Crippen molar-refractivity contribution in [3.8, 4) is 0 Å². The van der Waals surface area contributed by atoms with E-state index in [9.17, 15) is 5.11 Å². The fraction of sp³-hybridized carbons (Fsp3) is 0.533. The molecule has 1 aromatic heterocycles. The number of halogens is 1. The van der Waals surface area contributed by atoms with Crippen LogP contribution in [0.1, 0.15) is 32.6 Å². The summed E-state index contributed by atoms with van der Waals surface area (Å²) in [6.45, 7) is 6.63. The second kappa shape index (κ2) is 6.12. The van der Waals surface area contributed by atoms with Gasteiger partial charge in [-0.05, 0) is 31.0 Å². The molecular formula is C15H22ClN3O. The van der Waals surface area contributed by atoms with Crippen molar-refractivity contribution < 1.29 is 5.11 Å². The highest BCUT2D eigenvalue weighted by Crippen LogP contribution is 2.22. The van der Waals surface area contributed by atoms with Crippen LogP contribution in [0.5, 0.6) is 0 Å². The predicted octanol–water partition coefficient (Wildman–Crippen LogP) is 2.89. The second-order valence-electron chi connectivity index (χ2n) is 5.60. The number of aromatic nitrogens is 2. The lowest BCUT2D eigenvalue weighted by Gasteiger charge is -2.19. The minimum atomic E-state index is -0.346. The molecule has 1 aromatic carbocycles. The summed E-state index contributed by atoms with van der Waals surface area (Å²) in [6.07, 6.45) is -0.346. The first-order valence-electron chi connectivity index (χ1n) is 6.93. The Bertz CT molecular complexity index is 594. The minimum absolute atomic E-state index is 0.0691. The maximum atomic E-state index is 9.86. The van der Waals surface area contributed by atoms with Gasteiger partial charge >= 0.3 is 0 Å². The largest absolute Gasteiger partial charge is 0.392 e. The van der Waals surface area contributed by atoms with E-state index in [0.29, 0.717) is 11.6 Å². The molecule has 2 rings (SSSR count). The van der Waals surface area contributed by atoms with Crippen LogP contribution in [-0.2, 0) is 7.05 Å². The molecule has 2 N–H and O–H groups in total. The van der Waals surface area contributed by atoms with Gasteiger partial charge in [-0.3, -0.25) is 0 Å². The molecule has 0 aliphatic heterocycles. The van der Waals surface area contributed by atoms with Crippen molar-refractivity contribution in [2.75, 3.05) is 6.54 Å². The van der Waals surface area contributed by atoms with E-state index in [2.05, 4.69) is 21.8 Å². The van der Waals surface area contributed by atoms with Crippen LogP contribution in [0.4, 0.5) is 0 Å². The van der Waals surface area contributed by atoms with Gasteiger partial charge in [-0.25, -0.2) is 4.98 Å². The Morgan fingerprint density at radius 1 is 1.35 bits per heavy atom. The monoisotopic (exact) mass is 295 g/mol. The van der Waals surface area contributed by atoms with Crippen LogP contribution in [0.25, 0.3) is 11.0 Å². The summed E-state index contributed by atoms with van der Waals surface area (Å²) < 4.78 is 2.06. The summed E-state index contributed by atoms with van der Waals surface area (Å²) in [5.74, 6) is 1.19. The maximum absolute atomic E-state index is 9.86. The molecule has 0 spiro atoms. The van der Waals surface area contributed by atoms with E-state index in [1.165, 1.54) is 0 Å². The fourth-order valence-electron chi connectivity index (χ4n) is 2.20. The van der Waals surface area contributed by atoms with Crippen LogP contribution in [0.3, 0.4) is 0 Å². The Balaban J connectivity index is 2.18. The Morgan fingerprint density at radius 2 is 2.05 bits per heavy atom. The molecule has 0 aliphatic carbocycles. The second-order valence-corrected chi connectivity index (χ2v) is 6.04. The third kappa shape index (κ3) is 3.14. The summed E-state index contributed by atoms with van der Waals surface area (Å²) in [5, 5.41) is 13.9. The average Bonchev–Trinajstić information content (AvgIpc) is 2.72. The first kappa shape index (κ1) is 15.3. The van der Waals surface area contributed by atoms with E-state index in [-0.39, 0.29) is 18.1 Å². The molecule has 1 heterocycles. The van der Waals surface area contributed by atoms with Gasteiger partial charge in [0.05, 0.1) is 23.2 Å². The van der Waals surface area contributed by atoms with Crippen molar-refractivity contribution in [2.24, 2.45) is 13.0 Å². The molecule has 4 nitrogen and oxygen atoms in total. The van der Waals surface area contributed by atoms with E-state index in [1.807, 2.05) is 39.1 Å². The smallest absolute Gasteiger partial charge is 0.126 e. The molecule has 0 saturated carbocycles. The van der Waals surface area contributed by atoms with Crippen LogP contribution >= 0.6 is 11.6 Å². The Hall–Kier alpha value is -1.10. The number of hydrogen-bond acceptors (Lipinski definition) is 3. The van der Waals surface area contributed by atoms with Crippen molar-refractivity contribution in [3.63, 3.8) is 0 Å². The number of imidazole rings is 1. The number of aliphatic hydroxyl groups excluding tert-OH is 1. The summed E-state index contributed by atoms with van der Waals surface area (Å²) in [7, 11) is 2.00. The number of benzene rings is 1. The molecule has 2 unspecified atom stereocenters. The molecule has 0 radical (unpaired) electrons. The first-order chi connectivity index (χ1) is 9.40. The lowest BCUT2D eigenvalue weighted by molar-refractivity contribution is 0.120. The normalized spacial score (nSPS) is 14.9. The SMILES string of the molecule is CC(NCC(O)C(C)C)c1nc2cc(Cl)ccc2n1C. The lowest BCUT2D eigenvalue weighted by Crippen LogP contribution is -2.33. The third-order valence-electron chi connectivity index (χ3n) is 3.67. The summed E-state index contributed by atoms with van der Waals surface area (Å²) in [6, 6.07) is 5.79. The van der Waals surface area contributed by atoms with Crippen LogP contribution < -0.4 is 5.32 Å². The van der Waals surface area contributed by atoms with Crippen molar-refractivity contribution in [1.82, 2.24) is 14.9 Å². The van der Waals surface area contributed by atoms with Crippen LogP contribution in [0, 0.1) is 5.92 Å². The third-order valence-corrected chi connectivity index (χ3v) is 3.90. The minimum Gasteiger partial charge on any atom is -0.392 e. The zero-order valence-electron chi connectivity index (χ0n) is 12.4. The number of nitrogens with zero attached hydrogens (tertiary/aromatic N) is 2. The number of hydrogen-bond donors (Lipinski definition) is 2. The highest BCUT2D eigenvalue weighted by Gasteiger charge is 2.16. The fourth-order valence-corrected chi connectivity index (χ4v) is 2.37. The molecule has 5 heteroatoms. The van der Waals surface area contributed by atoms with Crippen molar-refractivity contribution in [2.45, 2.75) is 32.9 Å². The summed E-state index contributed by atoms with van der Waals surface area (Å²) in [5.41, 5.74) is 1.95. The van der Waals surface area contributed by atoms with Gasteiger partial charge < -0.3 is 15.0 Å². The van der Waals surface area contributed by atoms with E-state index in [0.717, 1.165) is 16.9 Å². The van der Waals surface area contributed by atoms with Crippen molar-refractivity contribution in [3.05, 3.63) is 29.0 Å². The Kier molecular flexibility index (Phi) is 4.68. The van der Waals surface area contributed by atoms with Crippen LogP contribution in [-0.4, -0.2) is 27.3 Å². The van der Waals surface area contributed by atoms with E-state index >= 15 is 0 Å². The number of rotatable bonds is 5. The molecule has 0 bridgehead atoms. The van der Waals surface area contributed by atoms with Crippen molar-refractivity contribution in [1.29, 1.82) is 0 Å². The number of fused-ring (bicyclic) bond motifs is 1. The topological polar surface area (TPSA) is 50.1 Å². The molecule has 0 saturated heterocycles. The first-order valence-corrected chi connectivity index (χ1v) is 7.31. The zero-order chi connectivity index (χ0) is 14.9. The van der Waals surface area contributed by atoms with E-state index in [1.54, 1.807) is 0 Å². The summed E-state index contributed by atoms with van der Waals surface area (Å²) in [4.78, 5) is 4.63. The number of aryl methyl sites for hydroxylation is 1. The quantitative estimate of drug-likeness (QED) is 0.892. The van der Waals surface area contributed by atoms with Gasteiger partial charge in [-0.1, -0.05) is 25.4 Å². The van der Waals surface area contributed by atoms with Gasteiger partial charge in [-0.15, -0.1) is 0 Å². The molecule has 20 heavy (non-hydrogen) atoms. The molecule has 0 fully saturated rings. The van der Waals surface area contributed by atoms with E-state index < -0.39 is 0 Å². The van der Waals surface area contributed by atoms with Gasteiger partial charge in [0.2, 0.25) is 0 Å². The van der Waals surface area contributed by atoms with Gasteiger partial charge in [0, 0.05) is 18.6 Å². The van der Waals surface area contributed by atoms with Gasteiger partial charge in [0.15, 0.2) is 0 Å². The van der Waals surface area contributed by atoms with Crippen LogP contribution in [0.15, 0.2) is 18.2 Å². The summed E-state index contributed by atoms with van der Waals surface area (Å²) >= 11 is 6.00. The molecule has 0 amide bonds. The highest BCUT2D eigenvalue weighted by molar-refractivity contribution is 6.31. The van der Waals surface area contributed by atoms with E-state index in [4.69, 9.17) is 11.6 Å². The van der Waals surface area contributed by atoms with Gasteiger partial charge in [-0.2, -0.15) is 0 Å². The molecule has 2 aromatic rings.